The Morgan fingerprint density at radius 1 is 1.23 bits per heavy atom. The monoisotopic (exact) mass is 388 g/mol. The van der Waals surface area contributed by atoms with Crippen LogP contribution in [0.3, 0.4) is 0 Å². The number of allylic oxidation sites excluding steroid dienone is 9. The van der Waals surface area contributed by atoms with Crippen LogP contribution >= 0.6 is 0 Å². The van der Waals surface area contributed by atoms with Crippen molar-refractivity contribution in [2.75, 3.05) is 6.61 Å². The fraction of sp³-hybridized carbons (Fsp3) is 0.500. The average molecular weight is 389 g/mol. The van der Waals surface area contributed by atoms with Gasteiger partial charge in [0.25, 0.3) is 0 Å². The van der Waals surface area contributed by atoms with Gasteiger partial charge in [0.1, 0.15) is 0 Å². The van der Waals surface area contributed by atoms with Crippen molar-refractivity contribution in [3.63, 3.8) is 0 Å². The summed E-state index contributed by atoms with van der Waals surface area (Å²) in [6.45, 7) is 10.4. The Hall–Kier alpha value is -0.430. The van der Waals surface area contributed by atoms with Gasteiger partial charge >= 0.3 is 29.6 Å². The molecule has 0 aromatic rings. The van der Waals surface area contributed by atoms with Crippen LogP contribution in [-0.2, 0) is 14.6 Å². The van der Waals surface area contributed by atoms with Crippen LogP contribution in [0.2, 0.25) is 0 Å². The third kappa shape index (κ3) is 10.0. The van der Waals surface area contributed by atoms with Gasteiger partial charge in [0.2, 0.25) is 10.4 Å². The van der Waals surface area contributed by atoms with E-state index in [2.05, 4.69) is 37.1 Å². The summed E-state index contributed by atoms with van der Waals surface area (Å²) >= 11 is 0. The fourth-order valence-corrected chi connectivity index (χ4v) is 3.18. The average Bonchev–Trinajstić information content (AvgIpc) is 2.44. The van der Waals surface area contributed by atoms with E-state index in [1.165, 1.54) is 30.4 Å². The molecule has 4 nitrogen and oxygen atoms in total. The van der Waals surface area contributed by atoms with Crippen LogP contribution in [-0.4, -0.2) is 19.6 Å². The van der Waals surface area contributed by atoms with Crippen molar-refractivity contribution in [3.05, 3.63) is 58.7 Å². The molecule has 6 heteroatoms. The zero-order valence-corrected chi connectivity index (χ0v) is 19.7. The van der Waals surface area contributed by atoms with Gasteiger partial charge in [-0.1, -0.05) is 67.0 Å². The minimum atomic E-state index is -4.63. The third-order valence-electron chi connectivity index (χ3n) is 4.39. The SMILES string of the molecule is CC1=C(/C=C/C(C)=C/C=C/C(C)=C/COS(=O)(=O)[O-])C(C)(C)CCC1.[Na+]. The Kier molecular flexibility index (Phi) is 11.2. The van der Waals surface area contributed by atoms with Crippen LogP contribution in [0.1, 0.15) is 53.9 Å². The number of rotatable bonds is 7. The molecule has 0 bridgehead atoms. The van der Waals surface area contributed by atoms with E-state index in [0.29, 0.717) is 0 Å². The van der Waals surface area contributed by atoms with Crippen molar-refractivity contribution in [1.29, 1.82) is 0 Å². The summed E-state index contributed by atoms with van der Waals surface area (Å²) in [6.07, 6.45) is 15.3. The van der Waals surface area contributed by atoms with Crippen molar-refractivity contribution < 1.29 is 46.7 Å². The summed E-state index contributed by atoms with van der Waals surface area (Å²) in [5.41, 5.74) is 5.09. The maximum Gasteiger partial charge on any atom is 1.00 e. The fourth-order valence-electron chi connectivity index (χ4n) is 2.95. The summed E-state index contributed by atoms with van der Waals surface area (Å²) in [5, 5.41) is 0. The number of hydrogen-bond acceptors (Lipinski definition) is 4. The summed E-state index contributed by atoms with van der Waals surface area (Å²) in [6, 6.07) is 0. The molecule has 0 unspecified atom stereocenters. The van der Waals surface area contributed by atoms with Crippen LogP contribution in [0.25, 0.3) is 0 Å². The molecule has 0 saturated heterocycles. The zero-order valence-electron chi connectivity index (χ0n) is 16.8. The molecule has 0 aliphatic heterocycles. The van der Waals surface area contributed by atoms with Crippen LogP contribution in [0, 0.1) is 5.41 Å². The van der Waals surface area contributed by atoms with Crippen molar-refractivity contribution in [3.8, 4) is 0 Å². The molecule has 0 N–H and O–H groups in total. The molecule has 26 heavy (non-hydrogen) atoms. The first kappa shape index (κ1) is 25.6. The normalized spacial score (nSPS) is 19.3. The molecule has 1 rings (SSSR count). The third-order valence-corrected chi connectivity index (χ3v) is 4.82. The second kappa shape index (κ2) is 11.4. The molecule has 0 saturated carbocycles. The van der Waals surface area contributed by atoms with Gasteiger partial charge in [0, 0.05) is 0 Å². The van der Waals surface area contributed by atoms with Gasteiger partial charge < -0.3 is 4.55 Å². The van der Waals surface area contributed by atoms with Gasteiger partial charge in [-0.3, -0.25) is 4.18 Å². The molecule has 0 atom stereocenters. The Labute approximate surface area is 181 Å². The maximum atomic E-state index is 10.3. The van der Waals surface area contributed by atoms with Crippen LogP contribution in [0.5, 0.6) is 0 Å². The minimum absolute atomic E-state index is 0. The van der Waals surface area contributed by atoms with Gasteiger partial charge in [0.15, 0.2) is 0 Å². The Morgan fingerprint density at radius 3 is 2.46 bits per heavy atom. The Bertz CT molecular complexity index is 723. The first-order chi connectivity index (χ1) is 11.5. The molecule has 1 aliphatic carbocycles. The van der Waals surface area contributed by atoms with Crippen LogP contribution < -0.4 is 29.6 Å². The standard InChI is InChI=1S/C20H30O4S.Na/c1-16(8-6-9-17(2)13-15-24-25(21,22)23)11-12-19-18(3)10-7-14-20(19,4)5;/h6,8-9,11-13H,7,10,14-15H2,1-5H3,(H,21,22,23);/q;+1/p-1/b9-6+,12-11+,16-8+,17-13+;. The first-order valence-electron chi connectivity index (χ1n) is 8.51. The van der Waals surface area contributed by atoms with E-state index in [4.69, 9.17) is 0 Å². The zero-order chi connectivity index (χ0) is 19.1. The molecular formula is C20H29NaO4S. The van der Waals surface area contributed by atoms with Crippen molar-refractivity contribution in [2.45, 2.75) is 53.9 Å². The minimum Gasteiger partial charge on any atom is -0.726 e. The molecule has 0 radical (unpaired) electrons. The van der Waals surface area contributed by atoms with E-state index >= 15 is 0 Å². The van der Waals surface area contributed by atoms with E-state index in [-0.39, 0.29) is 41.6 Å². The van der Waals surface area contributed by atoms with Gasteiger partial charge in [-0.2, -0.15) is 0 Å². The van der Waals surface area contributed by atoms with Crippen LogP contribution in [0.15, 0.2) is 58.7 Å². The summed E-state index contributed by atoms with van der Waals surface area (Å²) < 4.78 is 35.2. The molecule has 140 valence electrons. The van der Waals surface area contributed by atoms with E-state index in [0.717, 1.165) is 11.1 Å². The van der Waals surface area contributed by atoms with Crippen LogP contribution in [0.4, 0.5) is 0 Å². The van der Waals surface area contributed by atoms with E-state index in [1.54, 1.807) is 6.08 Å². The molecule has 0 spiro atoms. The molecular weight excluding hydrogens is 359 g/mol. The summed E-state index contributed by atoms with van der Waals surface area (Å²) in [5.74, 6) is 0. The number of hydrogen-bond donors (Lipinski definition) is 0. The Balaban J connectivity index is 0.00000625. The van der Waals surface area contributed by atoms with Crippen molar-refractivity contribution >= 4 is 10.4 Å². The molecule has 1 aliphatic rings. The summed E-state index contributed by atoms with van der Waals surface area (Å²) in [7, 11) is -4.63. The summed E-state index contributed by atoms with van der Waals surface area (Å²) in [4.78, 5) is 0. The van der Waals surface area contributed by atoms with E-state index in [1.807, 2.05) is 32.1 Å². The molecule has 0 amide bonds. The maximum absolute atomic E-state index is 10.3. The largest absolute Gasteiger partial charge is 1.00 e. The smallest absolute Gasteiger partial charge is 0.726 e. The van der Waals surface area contributed by atoms with E-state index < -0.39 is 10.4 Å². The predicted octanol–water partition coefficient (Wildman–Crippen LogP) is 2.00. The molecule has 0 fully saturated rings. The second-order valence-electron chi connectivity index (χ2n) is 7.18. The quantitative estimate of drug-likeness (QED) is 0.290. The van der Waals surface area contributed by atoms with Gasteiger partial charge in [-0.15, -0.1) is 0 Å². The van der Waals surface area contributed by atoms with E-state index in [9.17, 15) is 13.0 Å². The van der Waals surface area contributed by atoms with Crippen molar-refractivity contribution in [1.82, 2.24) is 0 Å². The van der Waals surface area contributed by atoms with Gasteiger partial charge in [-0.05, 0) is 51.0 Å². The first-order valence-corrected chi connectivity index (χ1v) is 9.85. The van der Waals surface area contributed by atoms with Crippen molar-refractivity contribution in [2.24, 2.45) is 5.41 Å². The predicted molar refractivity (Wildman–Crippen MR) is 102 cm³/mol. The molecule has 0 aromatic heterocycles. The Morgan fingerprint density at radius 2 is 1.88 bits per heavy atom. The molecule has 0 heterocycles. The topological polar surface area (TPSA) is 66.4 Å². The molecule has 0 aromatic carbocycles. The van der Waals surface area contributed by atoms with Gasteiger partial charge in [-0.25, -0.2) is 8.42 Å². The second-order valence-corrected chi connectivity index (χ2v) is 8.23. The van der Waals surface area contributed by atoms with Gasteiger partial charge in [0.05, 0.1) is 6.61 Å².